The highest BCUT2D eigenvalue weighted by atomic mass is 16.3. The Morgan fingerprint density at radius 1 is 1.31 bits per heavy atom. The average Bonchev–Trinajstić information content (AvgIpc) is 2.17. The summed E-state index contributed by atoms with van der Waals surface area (Å²) in [6.07, 6.45) is 2.54. The number of Topliss-reactive ketones (excluding diaryl/α,β-unsaturated/α-hetero) is 1. The second-order valence-electron chi connectivity index (χ2n) is 3.39. The van der Waals surface area contributed by atoms with E-state index < -0.39 is 0 Å². The quantitative estimate of drug-likeness (QED) is 0.707. The molecule has 0 heterocycles. The molecule has 0 atom stereocenters. The highest BCUT2D eigenvalue weighted by Crippen LogP contribution is 2.24. The number of rotatable bonds is 1. The Morgan fingerprint density at radius 2 is 2.15 bits per heavy atom. The fourth-order valence-corrected chi connectivity index (χ4v) is 1.92. The Morgan fingerprint density at radius 3 is 2.92 bits per heavy atom. The number of aliphatic hydroxyl groups is 1. The van der Waals surface area contributed by atoms with Gasteiger partial charge >= 0.3 is 0 Å². The van der Waals surface area contributed by atoms with Crippen molar-refractivity contribution in [3.8, 4) is 0 Å². The van der Waals surface area contributed by atoms with Crippen LogP contribution in [0.1, 0.15) is 34.3 Å². The summed E-state index contributed by atoms with van der Waals surface area (Å²) in [5.41, 5.74) is 2.65. The minimum atomic E-state index is -0.0328. The Labute approximate surface area is 77.2 Å². The standard InChI is InChI=1S/C11H12O2/c12-7-9-5-1-3-8-4-2-6-10(13)11(8)9/h1,3,5,12H,2,4,6-7H2. The van der Waals surface area contributed by atoms with E-state index in [1.54, 1.807) is 0 Å². The largest absolute Gasteiger partial charge is 0.392 e. The number of carbonyl (C=O) groups excluding carboxylic acids is 1. The normalized spacial score (nSPS) is 15.6. The number of fused-ring (bicyclic) bond motifs is 1. The van der Waals surface area contributed by atoms with E-state index in [1.165, 1.54) is 0 Å². The number of ketones is 1. The molecule has 0 amide bonds. The molecule has 0 unspecified atom stereocenters. The molecule has 2 nitrogen and oxygen atoms in total. The second-order valence-corrected chi connectivity index (χ2v) is 3.39. The van der Waals surface area contributed by atoms with Crippen molar-refractivity contribution in [3.05, 3.63) is 34.9 Å². The van der Waals surface area contributed by atoms with E-state index in [9.17, 15) is 4.79 Å². The van der Waals surface area contributed by atoms with Crippen molar-refractivity contribution in [2.24, 2.45) is 0 Å². The van der Waals surface area contributed by atoms with Crippen LogP contribution in [0.4, 0.5) is 0 Å². The number of aryl methyl sites for hydroxylation is 1. The van der Waals surface area contributed by atoms with Crippen LogP contribution >= 0.6 is 0 Å². The molecule has 13 heavy (non-hydrogen) atoms. The molecule has 0 aliphatic heterocycles. The minimum Gasteiger partial charge on any atom is -0.392 e. The van der Waals surface area contributed by atoms with E-state index >= 15 is 0 Å². The lowest BCUT2D eigenvalue weighted by molar-refractivity contribution is 0.0969. The molecule has 1 aliphatic carbocycles. The van der Waals surface area contributed by atoms with Crippen LogP contribution in [-0.4, -0.2) is 10.9 Å². The molecule has 0 spiro atoms. The minimum absolute atomic E-state index is 0.0328. The summed E-state index contributed by atoms with van der Waals surface area (Å²) in [7, 11) is 0. The average molecular weight is 176 g/mol. The number of benzene rings is 1. The first kappa shape index (κ1) is 8.45. The third-order valence-electron chi connectivity index (χ3n) is 2.54. The van der Waals surface area contributed by atoms with Gasteiger partial charge in [-0.3, -0.25) is 4.79 Å². The fraction of sp³-hybridized carbons (Fsp3) is 0.364. The Bertz CT molecular complexity index is 328. The van der Waals surface area contributed by atoms with Crippen LogP contribution in [0.25, 0.3) is 0 Å². The van der Waals surface area contributed by atoms with Crippen molar-refractivity contribution in [2.45, 2.75) is 25.9 Å². The smallest absolute Gasteiger partial charge is 0.163 e. The van der Waals surface area contributed by atoms with E-state index in [1.807, 2.05) is 18.2 Å². The predicted octanol–water partition coefficient (Wildman–Crippen LogP) is 1.70. The summed E-state index contributed by atoms with van der Waals surface area (Å²) < 4.78 is 0. The molecule has 0 saturated heterocycles. The summed E-state index contributed by atoms with van der Waals surface area (Å²) in [6.45, 7) is -0.0328. The zero-order valence-electron chi connectivity index (χ0n) is 7.42. The van der Waals surface area contributed by atoms with Gasteiger partial charge in [0.05, 0.1) is 6.61 Å². The molecule has 1 aromatic rings. The van der Waals surface area contributed by atoms with Crippen LogP contribution in [0.15, 0.2) is 18.2 Å². The molecule has 0 saturated carbocycles. The van der Waals surface area contributed by atoms with Gasteiger partial charge < -0.3 is 5.11 Å². The van der Waals surface area contributed by atoms with Gasteiger partial charge in [0.1, 0.15) is 0 Å². The van der Waals surface area contributed by atoms with Crippen LogP contribution in [0, 0.1) is 0 Å². The molecule has 0 radical (unpaired) electrons. The Balaban J connectivity index is 2.56. The summed E-state index contributed by atoms with van der Waals surface area (Å²) >= 11 is 0. The van der Waals surface area contributed by atoms with Crippen molar-refractivity contribution in [1.29, 1.82) is 0 Å². The maximum Gasteiger partial charge on any atom is 0.163 e. The van der Waals surface area contributed by atoms with Crippen molar-refractivity contribution >= 4 is 5.78 Å². The van der Waals surface area contributed by atoms with E-state index in [0.717, 1.165) is 29.5 Å². The first-order valence-corrected chi connectivity index (χ1v) is 4.58. The van der Waals surface area contributed by atoms with Crippen LogP contribution in [-0.2, 0) is 13.0 Å². The third kappa shape index (κ3) is 1.38. The van der Waals surface area contributed by atoms with Crippen molar-refractivity contribution in [3.63, 3.8) is 0 Å². The highest BCUT2D eigenvalue weighted by molar-refractivity contribution is 5.99. The molecule has 68 valence electrons. The van der Waals surface area contributed by atoms with Gasteiger partial charge in [-0.1, -0.05) is 18.2 Å². The number of aliphatic hydroxyl groups excluding tert-OH is 1. The molecule has 0 aromatic heterocycles. The Hall–Kier alpha value is -1.15. The van der Waals surface area contributed by atoms with Gasteiger partial charge in [0.25, 0.3) is 0 Å². The molecule has 0 fully saturated rings. The van der Waals surface area contributed by atoms with Crippen molar-refractivity contribution in [2.75, 3.05) is 0 Å². The molecule has 2 rings (SSSR count). The van der Waals surface area contributed by atoms with E-state index in [4.69, 9.17) is 5.11 Å². The van der Waals surface area contributed by atoms with E-state index in [2.05, 4.69) is 0 Å². The summed E-state index contributed by atoms with van der Waals surface area (Å²) in [5.74, 6) is 0.186. The van der Waals surface area contributed by atoms with E-state index in [-0.39, 0.29) is 12.4 Å². The summed E-state index contributed by atoms with van der Waals surface area (Å²) in [6, 6.07) is 5.70. The summed E-state index contributed by atoms with van der Waals surface area (Å²) in [5, 5.41) is 9.06. The zero-order valence-corrected chi connectivity index (χ0v) is 7.42. The molecular weight excluding hydrogens is 164 g/mol. The first-order valence-electron chi connectivity index (χ1n) is 4.58. The molecule has 2 heteroatoms. The first-order chi connectivity index (χ1) is 6.33. The topological polar surface area (TPSA) is 37.3 Å². The lowest BCUT2D eigenvalue weighted by atomic mass is 9.87. The maximum atomic E-state index is 11.6. The monoisotopic (exact) mass is 176 g/mol. The van der Waals surface area contributed by atoms with Gasteiger partial charge in [-0.2, -0.15) is 0 Å². The number of carbonyl (C=O) groups is 1. The summed E-state index contributed by atoms with van der Waals surface area (Å²) in [4.78, 5) is 11.6. The maximum absolute atomic E-state index is 11.6. The van der Waals surface area contributed by atoms with Gasteiger partial charge in [-0.25, -0.2) is 0 Å². The van der Waals surface area contributed by atoms with Crippen LogP contribution in [0.2, 0.25) is 0 Å². The van der Waals surface area contributed by atoms with Crippen LogP contribution in [0.3, 0.4) is 0 Å². The lowest BCUT2D eigenvalue weighted by Gasteiger charge is -2.16. The van der Waals surface area contributed by atoms with Gasteiger partial charge in [0.15, 0.2) is 5.78 Å². The molecule has 0 bridgehead atoms. The number of hydrogen-bond acceptors (Lipinski definition) is 2. The van der Waals surface area contributed by atoms with E-state index in [0.29, 0.717) is 6.42 Å². The fourth-order valence-electron chi connectivity index (χ4n) is 1.92. The molecular formula is C11H12O2. The number of hydrogen-bond donors (Lipinski definition) is 1. The predicted molar refractivity (Wildman–Crippen MR) is 49.6 cm³/mol. The van der Waals surface area contributed by atoms with Gasteiger partial charge in [-0.05, 0) is 24.0 Å². The molecule has 1 N–H and O–H groups in total. The van der Waals surface area contributed by atoms with Crippen LogP contribution < -0.4 is 0 Å². The van der Waals surface area contributed by atoms with Gasteiger partial charge in [0, 0.05) is 12.0 Å². The van der Waals surface area contributed by atoms with Crippen LogP contribution in [0.5, 0.6) is 0 Å². The molecule has 1 aliphatic rings. The van der Waals surface area contributed by atoms with Crippen molar-refractivity contribution in [1.82, 2.24) is 0 Å². The van der Waals surface area contributed by atoms with Crippen molar-refractivity contribution < 1.29 is 9.90 Å². The second kappa shape index (κ2) is 3.30. The van der Waals surface area contributed by atoms with Gasteiger partial charge in [0.2, 0.25) is 0 Å². The third-order valence-corrected chi connectivity index (χ3v) is 2.54. The zero-order chi connectivity index (χ0) is 9.26. The SMILES string of the molecule is O=C1CCCc2cccc(CO)c21. The Kier molecular flexibility index (Phi) is 2.15. The highest BCUT2D eigenvalue weighted by Gasteiger charge is 2.19. The van der Waals surface area contributed by atoms with Gasteiger partial charge in [-0.15, -0.1) is 0 Å². The molecule has 1 aromatic carbocycles. The lowest BCUT2D eigenvalue weighted by Crippen LogP contribution is -2.13.